The van der Waals surface area contributed by atoms with Gasteiger partial charge in [-0.05, 0) is 43.6 Å². The van der Waals surface area contributed by atoms with Crippen LogP contribution in [0.1, 0.15) is 32.6 Å². The highest BCUT2D eigenvalue weighted by atomic mass is 32.1. The number of benzene rings is 1. The minimum atomic E-state index is -0.382. The van der Waals surface area contributed by atoms with Crippen LogP contribution in [0, 0.1) is 6.92 Å². The summed E-state index contributed by atoms with van der Waals surface area (Å²) >= 11 is 2.35. The van der Waals surface area contributed by atoms with Crippen molar-refractivity contribution >= 4 is 45.0 Å². The zero-order chi connectivity index (χ0) is 18.7. The average Bonchev–Trinajstić information content (AvgIpc) is 3.19. The number of hydrogen-bond acceptors (Lipinski definition) is 7. The van der Waals surface area contributed by atoms with Crippen molar-refractivity contribution in [3.63, 3.8) is 0 Å². The number of allylic oxidation sites excluding steroid dienone is 1. The molecule has 2 heterocycles. The van der Waals surface area contributed by atoms with Gasteiger partial charge in [-0.15, -0.1) is 11.7 Å². The number of carbonyl (C=O) groups is 2. The van der Waals surface area contributed by atoms with Crippen LogP contribution in [-0.4, -0.2) is 32.6 Å². The summed E-state index contributed by atoms with van der Waals surface area (Å²) in [5.41, 5.74) is 1.89. The maximum atomic E-state index is 12.4. The fourth-order valence-corrected chi connectivity index (χ4v) is 3.99. The molecule has 2 aromatic heterocycles. The number of fused-ring (bicyclic) bond motifs is 1. The molecule has 0 aliphatic carbocycles. The average molecular weight is 388 g/mol. The van der Waals surface area contributed by atoms with Gasteiger partial charge in [-0.1, -0.05) is 21.9 Å². The van der Waals surface area contributed by atoms with Gasteiger partial charge in [-0.3, -0.25) is 4.79 Å². The smallest absolute Gasteiger partial charge is 0.338 e. The van der Waals surface area contributed by atoms with E-state index in [0.717, 1.165) is 21.7 Å². The van der Waals surface area contributed by atoms with E-state index in [4.69, 9.17) is 4.74 Å². The second-order valence-corrected chi connectivity index (χ2v) is 7.05. The molecule has 0 atom stereocenters. The van der Waals surface area contributed by atoms with Crippen molar-refractivity contribution in [3.8, 4) is 0 Å². The van der Waals surface area contributed by atoms with Gasteiger partial charge in [0.1, 0.15) is 4.88 Å². The molecule has 0 radical (unpaired) electrons. The van der Waals surface area contributed by atoms with E-state index in [-0.39, 0.29) is 11.9 Å². The third-order valence-corrected chi connectivity index (χ3v) is 5.41. The van der Waals surface area contributed by atoms with E-state index < -0.39 is 0 Å². The maximum absolute atomic E-state index is 12.4. The van der Waals surface area contributed by atoms with Gasteiger partial charge < -0.3 is 9.30 Å². The Hall–Kier alpha value is -2.65. The zero-order valence-corrected chi connectivity index (χ0v) is 15.9. The Bertz CT molecular complexity index is 1060. The molecule has 0 bridgehead atoms. The first-order valence-corrected chi connectivity index (χ1v) is 9.43. The number of thiazole rings is 1. The van der Waals surface area contributed by atoms with Crippen LogP contribution in [0.5, 0.6) is 0 Å². The largest absolute Gasteiger partial charge is 0.462 e. The number of ether oxygens (including phenoxy) is 1. The van der Waals surface area contributed by atoms with Gasteiger partial charge in [0.25, 0.3) is 5.91 Å². The van der Waals surface area contributed by atoms with E-state index in [0.29, 0.717) is 34.1 Å². The van der Waals surface area contributed by atoms with Gasteiger partial charge in [-0.25, -0.2) is 4.79 Å². The second-order valence-electron chi connectivity index (χ2n) is 5.29. The molecule has 134 valence electrons. The highest BCUT2D eigenvalue weighted by molar-refractivity contribution is 7.16. The minimum Gasteiger partial charge on any atom is -0.462 e. The normalized spacial score (nSPS) is 11.7. The summed E-state index contributed by atoms with van der Waals surface area (Å²) in [6.07, 6.45) is 1.73. The van der Waals surface area contributed by atoms with Crippen LogP contribution in [0.15, 0.2) is 35.8 Å². The van der Waals surface area contributed by atoms with Crippen molar-refractivity contribution in [2.24, 2.45) is 4.99 Å². The Labute approximate surface area is 157 Å². The standard InChI is InChI=1S/C17H16N4O3S2/c1-4-8-21-12-7-6-11(16(23)24-5-2)9-13(12)25-17(21)18-15(22)14-10(3)19-20-26-14/h4,6-7,9H,1,5,8H2,2-3H3. The van der Waals surface area contributed by atoms with Crippen LogP contribution in [0.3, 0.4) is 0 Å². The van der Waals surface area contributed by atoms with Crippen LogP contribution in [0.25, 0.3) is 10.2 Å². The monoisotopic (exact) mass is 388 g/mol. The summed E-state index contributed by atoms with van der Waals surface area (Å²) in [6.45, 7) is 8.05. The van der Waals surface area contributed by atoms with E-state index in [2.05, 4.69) is 21.2 Å². The van der Waals surface area contributed by atoms with Gasteiger partial charge in [0, 0.05) is 6.54 Å². The predicted octanol–water partition coefficient (Wildman–Crippen LogP) is 2.97. The summed E-state index contributed by atoms with van der Waals surface area (Å²) in [7, 11) is 0. The van der Waals surface area contributed by atoms with Crippen molar-refractivity contribution < 1.29 is 14.3 Å². The molecule has 0 unspecified atom stereocenters. The molecule has 0 saturated heterocycles. The number of amides is 1. The highest BCUT2D eigenvalue weighted by Crippen LogP contribution is 2.20. The van der Waals surface area contributed by atoms with Gasteiger partial charge >= 0.3 is 5.97 Å². The minimum absolute atomic E-state index is 0.315. The molecule has 0 fully saturated rings. The van der Waals surface area contributed by atoms with Crippen molar-refractivity contribution in [3.05, 3.63) is 51.8 Å². The SMILES string of the molecule is C=CCn1c(=NC(=O)c2snnc2C)sc2cc(C(=O)OCC)ccc21. The molecule has 3 rings (SSSR count). The number of esters is 1. The zero-order valence-electron chi connectivity index (χ0n) is 14.3. The summed E-state index contributed by atoms with van der Waals surface area (Å²) in [5, 5.41) is 3.85. The highest BCUT2D eigenvalue weighted by Gasteiger charge is 2.15. The van der Waals surface area contributed by atoms with Crippen LogP contribution >= 0.6 is 22.9 Å². The molecule has 26 heavy (non-hydrogen) atoms. The molecule has 0 saturated carbocycles. The fraction of sp³-hybridized carbons (Fsp3) is 0.235. The van der Waals surface area contributed by atoms with E-state index in [1.54, 1.807) is 32.1 Å². The molecule has 0 aliphatic heterocycles. The fourth-order valence-electron chi connectivity index (χ4n) is 2.37. The van der Waals surface area contributed by atoms with Crippen LogP contribution < -0.4 is 4.80 Å². The molecule has 0 aliphatic rings. The predicted molar refractivity (Wildman–Crippen MR) is 101 cm³/mol. The third-order valence-electron chi connectivity index (χ3n) is 3.55. The van der Waals surface area contributed by atoms with Crippen LogP contribution in [-0.2, 0) is 11.3 Å². The van der Waals surface area contributed by atoms with E-state index in [1.807, 2.05) is 10.6 Å². The lowest BCUT2D eigenvalue weighted by Crippen LogP contribution is -2.16. The Balaban J connectivity index is 2.12. The lowest BCUT2D eigenvalue weighted by Gasteiger charge is -2.03. The number of hydrogen-bond donors (Lipinski definition) is 0. The lowest BCUT2D eigenvalue weighted by atomic mass is 10.2. The first-order chi connectivity index (χ1) is 12.5. The van der Waals surface area contributed by atoms with Crippen molar-refractivity contribution in [1.82, 2.24) is 14.2 Å². The van der Waals surface area contributed by atoms with E-state index in [1.165, 1.54) is 11.3 Å². The van der Waals surface area contributed by atoms with Crippen LogP contribution in [0.4, 0.5) is 0 Å². The molecule has 3 aromatic rings. The van der Waals surface area contributed by atoms with Gasteiger partial charge in [0.2, 0.25) is 0 Å². The Morgan fingerprint density at radius 2 is 2.23 bits per heavy atom. The molecule has 0 N–H and O–H groups in total. The van der Waals surface area contributed by atoms with Crippen LogP contribution in [0.2, 0.25) is 0 Å². The first kappa shape index (κ1) is 18.2. The van der Waals surface area contributed by atoms with Crippen molar-refractivity contribution in [2.45, 2.75) is 20.4 Å². The number of aromatic nitrogens is 3. The molecular formula is C17H16N4O3S2. The number of aryl methyl sites for hydroxylation is 1. The summed E-state index contributed by atoms with van der Waals surface area (Å²) in [5.74, 6) is -0.758. The third kappa shape index (κ3) is 3.49. The topological polar surface area (TPSA) is 86.4 Å². The Morgan fingerprint density at radius 3 is 2.88 bits per heavy atom. The lowest BCUT2D eigenvalue weighted by molar-refractivity contribution is 0.0526. The molecular weight excluding hydrogens is 372 g/mol. The van der Waals surface area contributed by atoms with E-state index in [9.17, 15) is 9.59 Å². The Kier molecular flexibility index (Phi) is 5.38. The van der Waals surface area contributed by atoms with Gasteiger partial charge in [-0.2, -0.15) is 4.99 Å². The molecule has 9 heteroatoms. The van der Waals surface area contributed by atoms with Gasteiger partial charge in [0.05, 0.1) is 28.1 Å². The number of nitrogens with zero attached hydrogens (tertiary/aromatic N) is 4. The number of rotatable bonds is 5. The second kappa shape index (κ2) is 7.71. The molecule has 0 spiro atoms. The Morgan fingerprint density at radius 1 is 1.42 bits per heavy atom. The molecule has 1 aromatic carbocycles. The summed E-state index contributed by atoms with van der Waals surface area (Å²) in [6, 6.07) is 5.28. The summed E-state index contributed by atoms with van der Waals surface area (Å²) in [4.78, 5) is 29.6. The first-order valence-electron chi connectivity index (χ1n) is 7.84. The molecule has 7 nitrogen and oxygen atoms in total. The quantitative estimate of drug-likeness (QED) is 0.495. The van der Waals surface area contributed by atoms with Crippen molar-refractivity contribution in [1.29, 1.82) is 0 Å². The molecule has 1 amide bonds. The van der Waals surface area contributed by atoms with E-state index >= 15 is 0 Å². The van der Waals surface area contributed by atoms with Crippen molar-refractivity contribution in [2.75, 3.05) is 6.61 Å². The summed E-state index contributed by atoms with van der Waals surface area (Å²) < 4.78 is 11.5. The number of carbonyl (C=O) groups excluding carboxylic acids is 2. The maximum Gasteiger partial charge on any atom is 0.338 e. The van der Waals surface area contributed by atoms with Gasteiger partial charge in [0.15, 0.2) is 4.80 Å².